The Morgan fingerprint density at radius 1 is 1.00 bits per heavy atom. The minimum atomic E-state index is -0.439. The van der Waals surface area contributed by atoms with Crippen molar-refractivity contribution < 1.29 is 23.4 Å². The van der Waals surface area contributed by atoms with E-state index in [1.807, 2.05) is 0 Å². The van der Waals surface area contributed by atoms with Crippen LogP contribution in [0.15, 0.2) is 69.9 Å². The van der Waals surface area contributed by atoms with Crippen molar-refractivity contribution in [2.75, 3.05) is 19.2 Å². The molecule has 160 valence electrons. The number of halogens is 1. The number of fused-ring (bicyclic) bond motifs is 2. The molecular weight excluding hydrogens is 434 g/mol. The molecular formula is C24H16ClNO6. The average Bonchev–Trinajstić information content (AvgIpc) is 3.28. The largest absolute Gasteiger partial charge is 0.497 e. The summed E-state index contributed by atoms with van der Waals surface area (Å²) in [6.45, 7) is 0.0990. The second-order valence-corrected chi connectivity index (χ2v) is 7.46. The van der Waals surface area contributed by atoms with Gasteiger partial charge in [0.05, 0.1) is 18.1 Å². The lowest BCUT2D eigenvalue weighted by Crippen LogP contribution is -2.16. The molecule has 1 aliphatic rings. The van der Waals surface area contributed by atoms with Gasteiger partial charge >= 0.3 is 0 Å². The predicted octanol–water partition coefficient (Wildman–Crippen LogP) is 5.10. The standard InChI is InChI=1S/C24H16ClNO6/c1-29-16-6-2-13(3-7-16)23(28)26-24-21(14-4-8-19-20(10-14)31-12-30-19)22(27)17-11-15(25)5-9-18(17)32-24/h2-11H,12H2,1H3,(H,26,28). The molecule has 1 N–H and O–H groups in total. The van der Waals surface area contributed by atoms with E-state index in [1.54, 1.807) is 61.7 Å². The zero-order valence-electron chi connectivity index (χ0n) is 16.8. The Bertz CT molecular complexity index is 1410. The molecule has 0 saturated carbocycles. The summed E-state index contributed by atoms with van der Waals surface area (Å²) in [5.74, 6) is 1.28. The molecule has 0 fully saturated rings. The maximum absolute atomic E-state index is 13.4. The van der Waals surface area contributed by atoms with E-state index < -0.39 is 5.91 Å². The van der Waals surface area contributed by atoms with E-state index in [4.69, 9.17) is 30.2 Å². The first-order chi connectivity index (χ1) is 15.5. The normalized spacial score (nSPS) is 12.1. The number of methoxy groups -OCH3 is 1. The number of carbonyl (C=O) groups excluding carboxylic acids is 1. The van der Waals surface area contributed by atoms with E-state index in [0.29, 0.717) is 44.4 Å². The van der Waals surface area contributed by atoms with Gasteiger partial charge in [-0.15, -0.1) is 0 Å². The van der Waals surface area contributed by atoms with Gasteiger partial charge in [-0.1, -0.05) is 17.7 Å². The summed E-state index contributed by atoms with van der Waals surface area (Å²) in [5.41, 5.74) is 1.03. The summed E-state index contributed by atoms with van der Waals surface area (Å²) in [5, 5.41) is 3.42. The molecule has 1 aliphatic heterocycles. The molecule has 5 rings (SSSR count). The lowest BCUT2D eigenvalue weighted by atomic mass is 10.0. The van der Waals surface area contributed by atoms with E-state index in [2.05, 4.69) is 5.32 Å². The van der Waals surface area contributed by atoms with Gasteiger partial charge in [-0.05, 0) is 60.2 Å². The van der Waals surface area contributed by atoms with E-state index >= 15 is 0 Å². The number of hydrogen-bond donors (Lipinski definition) is 1. The molecule has 7 nitrogen and oxygen atoms in total. The SMILES string of the molecule is COc1ccc(C(=O)Nc2oc3ccc(Cl)cc3c(=O)c2-c2ccc3c(c2)OCO3)cc1. The minimum Gasteiger partial charge on any atom is -0.497 e. The Hall–Kier alpha value is -3.97. The summed E-state index contributed by atoms with van der Waals surface area (Å²) in [6.07, 6.45) is 0. The Labute approximate surface area is 187 Å². The average molecular weight is 450 g/mol. The zero-order valence-corrected chi connectivity index (χ0v) is 17.6. The molecule has 4 aromatic rings. The summed E-state index contributed by atoms with van der Waals surface area (Å²) in [6, 6.07) is 16.4. The molecule has 32 heavy (non-hydrogen) atoms. The summed E-state index contributed by atoms with van der Waals surface area (Å²) in [4.78, 5) is 26.4. The van der Waals surface area contributed by atoms with Gasteiger partial charge in [0.25, 0.3) is 5.91 Å². The van der Waals surface area contributed by atoms with Crippen molar-refractivity contribution in [3.63, 3.8) is 0 Å². The second-order valence-electron chi connectivity index (χ2n) is 7.03. The highest BCUT2D eigenvalue weighted by Crippen LogP contribution is 2.38. The Balaban J connectivity index is 1.65. The lowest BCUT2D eigenvalue weighted by Gasteiger charge is -2.12. The van der Waals surface area contributed by atoms with Crippen LogP contribution in [-0.2, 0) is 0 Å². The van der Waals surface area contributed by atoms with E-state index in [0.717, 1.165) is 0 Å². The van der Waals surface area contributed by atoms with E-state index in [1.165, 1.54) is 6.07 Å². The van der Waals surface area contributed by atoms with E-state index in [-0.39, 0.29) is 23.7 Å². The Morgan fingerprint density at radius 2 is 1.78 bits per heavy atom. The molecule has 0 radical (unpaired) electrons. The molecule has 0 bridgehead atoms. The van der Waals surface area contributed by atoms with Crippen LogP contribution in [0.4, 0.5) is 5.88 Å². The van der Waals surface area contributed by atoms with Gasteiger partial charge in [-0.3, -0.25) is 14.9 Å². The van der Waals surface area contributed by atoms with Crippen LogP contribution in [0.2, 0.25) is 5.02 Å². The first-order valence-electron chi connectivity index (χ1n) is 9.65. The summed E-state index contributed by atoms with van der Waals surface area (Å²) >= 11 is 6.10. The van der Waals surface area contributed by atoms with Gasteiger partial charge < -0.3 is 18.6 Å². The molecule has 1 aromatic heterocycles. The van der Waals surface area contributed by atoms with E-state index in [9.17, 15) is 9.59 Å². The van der Waals surface area contributed by atoms with Gasteiger partial charge in [0.1, 0.15) is 11.3 Å². The van der Waals surface area contributed by atoms with Crippen LogP contribution in [-0.4, -0.2) is 19.8 Å². The third kappa shape index (κ3) is 3.52. The summed E-state index contributed by atoms with van der Waals surface area (Å²) < 4.78 is 21.9. The van der Waals surface area contributed by atoms with Crippen LogP contribution in [0.25, 0.3) is 22.1 Å². The van der Waals surface area contributed by atoms with Crippen molar-refractivity contribution in [1.29, 1.82) is 0 Å². The Morgan fingerprint density at radius 3 is 2.56 bits per heavy atom. The van der Waals surface area contributed by atoms with Crippen LogP contribution in [0.1, 0.15) is 10.4 Å². The third-order valence-electron chi connectivity index (χ3n) is 5.09. The number of benzene rings is 3. The molecule has 2 heterocycles. The highest BCUT2D eigenvalue weighted by molar-refractivity contribution is 6.31. The van der Waals surface area contributed by atoms with Crippen molar-refractivity contribution in [1.82, 2.24) is 0 Å². The molecule has 3 aromatic carbocycles. The van der Waals surface area contributed by atoms with Crippen molar-refractivity contribution in [2.45, 2.75) is 0 Å². The molecule has 0 aliphatic carbocycles. The maximum atomic E-state index is 13.4. The third-order valence-corrected chi connectivity index (χ3v) is 5.33. The van der Waals surface area contributed by atoms with Gasteiger partial charge in [0.15, 0.2) is 11.5 Å². The van der Waals surface area contributed by atoms with Crippen LogP contribution >= 0.6 is 11.6 Å². The van der Waals surface area contributed by atoms with Crippen LogP contribution < -0.4 is 25.0 Å². The smallest absolute Gasteiger partial charge is 0.257 e. The number of hydrogen-bond acceptors (Lipinski definition) is 6. The second kappa shape index (κ2) is 7.94. The minimum absolute atomic E-state index is 0.0181. The summed E-state index contributed by atoms with van der Waals surface area (Å²) in [7, 11) is 1.54. The predicted molar refractivity (Wildman–Crippen MR) is 120 cm³/mol. The molecule has 0 spiro atoms. The quantitative estimate of drug-likeness (QED) is 0.466. The van der Waals surface area contributed by atoms with Gasteiger partial charge in [-0.2, -0.15) is 0 Å². The number of nitrogens with one attached hydrogen (secondary N) is 1. The van der Waals surface area contributed by atoms with Crippen LogP contribution in [0.5, 0.6) is 17.2 Å². The fraction of sp³-hybridized carbons (Fsp3) is 0.0833. The molecule has 0 atom stereocenters. The highest BCUT2D eigenvalue weighted by atomic mass is 35.5. The van der Waals surface area contributed by atoms with Crippen molar-refractivity contribution >= 4 is 34.4 Å². The number of carbonyl (C=O) groups is 1. The first-order valence-corrected chi connectivity index (χ1v) is 10.0. The number of ether oxygens (including phenoxy) is 3. The zero-order chi connectivity index (χ0) is 22.2. The lowest BCUT2D eigenvalue weighted by molar-refractivity contribution is 0.102. The van der Waals surface area contributed by atoms with Crippen LogP contribution in [0.3, 0.4) is 0 Å². The fourth-order valence-corrected chi connectivity index (χ4v) is 3.66. The first kappa shape index (κ1) is 20.0. The monoisotopic (exact) mass is 449 g/mol. The molecule has 8 heteroatoms. The van der Waals surface area contributed by atoms with Gasteiger partial charge in [0.2, 0.25) is 18.1 Å². The van der Waals surface area contributed by atoms with Crippen LogP contribution in [0, 0.1) is 0 Å². The number of rotatable bonds is 4. The highest BCUT2D eigenvalue weighted by Gasteiger charge is 2.22. The Kier molecular flexibility index (Phi) is 4.95. The van der Waals surface area contributed by atoms with Crippen molar-refractivity contribution in [3.8, 4) is 28.4 Å². The van der Waals surface area contributed by atoms with Gasteiger partial charge in [-0.25, -0.2) is 0 Å². The molecule has 0 unspecified atom stereocenters. The van der Waals surface area contributed by atoms with Crippen molar-refractivity contribution in [3.05, 3.63) is 81.5 Å². The molecule has 0 saturated heterocycles. The van der Waals surface area contributed by atoms with Crippen molar-refractivity contribution in [2.24, 2.45) is 0 Å². The topological polar surface area (TPSA) is 87.0 Å². The maximum Gasteiger partial charge on any atom is 0.257 e. The number of anilines is 1. The molecule has 1 amide bonds. The number of amides is 1. The fourth-order valence-electron chi connectivity index (χ4n) is 3.49. The van der Waals surface area contributed by atoms with Gasteiger partial charge in [0, 0.05) is 10.6 Å².